The number of likely N-dealkylation sites (tertiary alicyclic amines) is 1. The minimum absolute atomic E-state index is 0.0546. The van der Waals surface area contributed by atoms with Gasteiger partial charge in [0.15, 0.2) is 5.13 Å². The Hall–Kier alpha value is -2.49. The number of fused-ring (bicyclic) bond motifs is 1. The molecule has 0 radical (unpaired) electrons. The number of primary amides is 1. The van der Waals surface area contributed by atoms with Crippen molar-refractivity contribution in [1.82, 2.24) is 9.88 Å². The van der Waals surface area contributed by atoms with E-state index in [4.69, 9.17) is 5.73 Å². The first-order chi connectivity index (χ1) is 14.4. The molecule has 7 nitrogen and oxygen atoms in total. The summed E-state index contributed by atoms with van der Waals surface area (Å²) in [7, 11) is 3.92. The molecule has 4 rings (SSSR count). The first kappa shape index (κ1) is 20.8. The Labute approximate surface area is 183 Å². The lowest BCUT2D eigenvalue weighted by molar-refractivity contribution is -0.123. The maximum Gasteiger partial charge on any atom is 0.265 e. The van der Waals surface area contributed by atoms with E-state index in [0.717, 1.165) is 51.8 Å². The van der Waals surface area contributed by atoms with Crippen molar-refractivity contribution >= 4 is 54.8 Å². The summed E-state index contributed by atoms with van der Waals surface area (Å²) in [6.07, 6.45) is 1.87. The molecule has 1 unspecified atom stereocenters. The number of amides is 2. The number of thiazole rings is 1. The summed E-state index contributed by atoms with van der Waals surface area (Å²) in [5.74, 6) is -0.384. The molecule has 2 aromatic heterocycles. The minimum Gasteiger partial charge on any atom is -0.369 e. The van der Waals surface area contributed by atoms with Gasteiger partial charge in [0.25, 0.3) is 5.91 Å². The summed E-state index contributed by atoms with van der Waals surface area (Å²) in [5, 5.41) is 3.90. The molecular weight excluding hydrogens is 418 g/mol. The molecule has 3 aromatic rings. The molecule has 1 aliphatic heterocycles. The van der Waals surface area contributed by atoms with Crippen LogP contribution < -0.4 is 16.0 Å². The Morgan fingerprint density at radius 3 is 2.70 bits per heavy atom. The van der Waals surface area contributed by atoms with Gasteiger partial charge in [0, 0.05) is 32.9 Å². The Balaban J connectivity index is 1.36. The van der Waals surface area contributed by atoms with Crippen molar-refractivity contribution in [2.24, 2.45) is 11.7 Å². The molecule has 1 aliphatic rings. The van der Waals surface area contributed by atoms with Crippen LogP contribution in [0.3, 0.4) is 0 Å². The van der Waals surface area contributed by atoms with E-state index >= 15 is 0 Å². The van der Waals surface area contributed by atoms with E-state index in [1.807, 2.05) is 49.3 Å². The number of piperidine rings is 1. The quantitative estimate of drug-likeness (QED) is 0.609. The Morgan fingerprint density at radius 1 is 1.27 bits per heavy atom. The summed E-state index contributed by atoms with van der Waals surface area (Å²) >= 11 is 2.99. The second-order valence-corrected chi connectivity index (χ2v) is 9.84. The molecule has 1 fully saturated rings. The third kappa shape index (κ3) is 4.63. The Bertz CT molecular complexity index is 1030. The van der Waals surface area contributed by atoms with E-state index in [-0.39, 0.29) is 17.7 Å². The van der Waals surface area contributed by atoms with Crippen molar-refractivity contribution in [3.8, 4) is 0 Å². The van der Waals surface area contributed by atoms with E-state index in [9.17, 15) is 9.59 Å². The summed E-state index contributed by atoms with van der Waals surface area (Å²) in [5.41, 5.74) is 7.37. The molecule has 3 N–H and O–H groups in total. The van der Waals surface area contributed by atoms with Gasteiger partial charge in [-0.05, 0) is 43.1 Å². The Morgan fingerprint density at radius 2 is 2.03 bits per heavy atom. The average Bonchev–Trinajstić information content (AvgIpc) is 3.29. The molecular formula is C21H25N5O2S2. The van der Waals surface area contributed by atoms with Gasteiger partial charge < -0.3 is 16.0 Å². The standard InChI is InChI=1S/C21H25N5O2S2/c1-25(2)21-24-20-17(30-21)10-16(29-20)19(28)23-15-7-5-13(6-8-15)11-26-9-3-4-14(12-26)18(22)27/h5-8,10,14H,3-4,9,11-12H2,1-2H3,(H2,22,27)(H,23,28). The number of thiophene rings is 1. The van der Waals surface area contributed by atoms with Crippen LogP contribution in [0.25, 0.3) is 9.53 Å². The number of anilines is 2. The van der Waals surface area contributed by atoms with Crippen LogP contribution in [-0.2, 0) is 11.3 Å². The molecule has 1 saturated heterocycles. The number of hydrogen-bond acceptors (Lipinski definition) is 7. The van der Waals surface area contributed by atoms with Gasteiger partial charge in [0.1, 0.15) is 4.83 Å². The molecule has 158 valence electrons. The van der Waals surface area contributed by atoms with Crippen molar-refractivity contribution < 1.29 is 9.59 Å². The molecule has 0 bridgehead atoms. The van der Waals surface area contributed by atoms with Gasteiger partial charge in [0.2, 0.25) is 5.91 Å². The van der Waals surface area contributed by atoms with Gasteiger partial charge in [-0.3, -0.25) is 14.5 Å². The predicted octanol–water partition coefficient (Wildman–Crippen LogP) is 3.37. The number of nitrogens with two attached hydrogens (primary N) is 1. The normalized spacial score (nSPS) is 17.2. The third-order valence-electron chi connectivity index (χ3n) is 5.21. The zero-order chi connectivity index (χ0) is 21.3. The highest BCUT2D eigenvalue weighted by Crippen LogP contribution is 2.34. The molecule has 0 spiro atoms. The molecule has 1 aromatic carbocycles. The van der Waals surface area contributed by atoms with Gasteiger partial charge in [-0.2, -0.15) is 0 Å². The molecule has 2 amide bonds. The van der Waals surface area contributed by atoms with Crippen LogP contribution in [0.1, 0.15) is 28.1 Å². The van der Waals surface area contributed by atoms with Crippen molar-refractivity contribution in [2.75, 3.05) is 37.4 Å². The number of rotatable bonds is 6. The second-order valence-electron chi connectivity index (χ2n) is 7.80. The number of aromatic nitrogens is 1. The van der Waals surface area contributed by atoms with E-state index < -0.39 is 0 Å². The van der Waals surface area contributed by atoms with Gasteiger partial charge >= 0.3 is 0 Å². The number of nitrogens with zero attached hydrogens (tertiary/aromatic N) is 3. The van der Waals surface area contributed by atoms with Crippen molar-refractivity contribution in [1.29, 1.82) is 0 Å². The average molecular weight is 444 g/mol. The highest BCUT2D eigenvalue weighted by atomic mass is 32.1. The highest BCUT2D eigenvalue weighted by Gasteiger charge is 2.23. The second kappa shape index (κ2) is 8.71. The number of carbonyl (C=O) groups excluding carboxylic acids is 2. The number of carbonyl (C=O) groups is 2. The summed E-state index contributed by atoms with van der Waals surface area (Å²) in [6.45, 7) is 2.47. The predicted molar refractivity (Wildman–Crippen MR) is 123 cm³/mol. The molecule has 1 atom stereocenters. The van der Waals surface area contributed by atoms with Crippen LogP contribution in [0.5, 0.6) is 0 Å². The maximum atomic E-state index is 12.6. The van der Waals surface area contributed by atoms with Gasteiger partial charge in [0.05, 0.1) is 15.5 Å². The van der Waals surface area contributed by atoms with Gasteiger partial charge in [-0.1, -0.05) is 23.5 Å². The Kier molecular flexibility index (Phi) is 6.03. The van der Waals surface area contributed by atoms with Crippen LogP contribution in [0, 0.1) is 5.92 Å². The maximum absolute atomic E-state index is 12.6. The first-order valence-electron chi connectivity index (χ1n) is 9.88. The van der Waals surface area contributed by atoms with Crippen LogP contribution in [-0.4, -0.2) is 48.9 Å². The van der Waals surface area contributed by atoms with Crippen molar-refractivity contribution in [2.45, 2.75) is 19.4 Å². The fraction of sp³-hybridized carbons (Fsp3) is 0.381. The number of nitrogens with one attached hydrogen (secondary N) is 1. The summed E-state index contributed by atoms with van der Waals surface area (Å²) in [6, 6.07) is 9.77. The lowest BCUT2D eigenvalue weighted by atomic mass is 9.97. The summed E-state index contributed by atoms with van der Waals surface area (Å²) in [4.78, 5) is 34.4. The summed E-state index contributed by atoms with van der Waals surface area (Å²) < 4.78 is 1.03. The van der Waals surface area contributed by atoms with Crippen LogP contribution in [0.15, 0.2) is 30.3 Å². The van der Waals surface area contributed by atoms with Crippen molar-refractivity contribution in [3.63, 3.8) is 0 Å². The number of benzene rings is 1. The lowest BCUT2D eigenvalue weighted by Gasteiger charge is -2.31. The fourth-order valence-electron chi connectivity index (χ4n) is 3.60. The van der Waals surface area contributed by atoms with E-state index in [0.29, 0.717) is 11.4 Å². The lowest BCUT2D eigenvalue weighted by Crippen LogP contribution is -2.40. The van der Waals surface area contributed by atoms with Gasteiger partial charge in [-0.15, -0.1) is 11.3 Å². The molecule has 9 heteroatoms. The molecule has 30 heavy (non-hydrogen) atoms. The first-order valence-corrected chi connectivity index (χ1v) is 11.5. The van der Waals surface area contributed by atoms with Gasteiger partial charge in [-0.25, -0.2) is 4.98 Å². The molecule has 3 heterocycles. The largest absolute Gasteiger partial charge is 0.369 e. The number of hydrogen-bond donors (Lipinski definition) is 2. The SMILES string of the molecule is CN(C)c1nc2sc(C(=O)Nc3ccc(CN4CCCC(C(N)=O)C4)cc3)cc2s1. The van der Waals surface area contributed by atoms with E-state index in [1.54, 1.807) is 11.3 Å². The zero-order valence-corrected chi connectivity index (χ0v) is 18.7. The van der Waals surface area contributed by atoms with E-state index in [2.05, 4.69) is 15.2 Å². The smallest absolute Gasteiger partial charge is 0.265 e. The van der Waals surface area contributed by atoms with Crippen LogP contribution >= 0.6 is 22.7 Å². The van der Waals surface area contributed by atoms with E-state index in [1.165, 1.54) is 11.3 Å². The minimum atomic E-state index is -0.209. The van der Waals surface area contributed by atoms with Crippen LogP contribution in [0.4, 0.5) is 10.8 Å². The monoisotopic (exact) mass is 443 g/mol. The topological polar surface area (TPSA) is 91.6 Å². The third-order valence-corrected chi connectivity index (χ3v) is 7.54. The van der Waals surface area contributed by atoms with Crippen molar-refractivity contribution in [3.05, 3.63) is 40.8 Å². The molecule has 0 saturated carbocycles. The van der Waals surface area contributed by atoms with Crippen LogP contribution in [0.2, 0.25) is 0 Å². The zero-order valence-electron chi connectivity index (χ0n) is 17.1. The molecule has 0 aliphatic carbocycles. The fourth-order valence-corrected chi connectivity index (χ4v) is 5.63. The highest BCUT2D eigenvalue weighted by molar-refractivity contribution is 7.29.